The lowest BCUT2D eigenvalue weighted by Crippen LogP contribution is -2.37. The number of nitrogens with one attached hydrogen (secondary N) is 1. The predicted octanol–water partition coefficient (Wildman–Crippen LogP) is 2.77. The van der Waals surface area contributed by atoms with E-state index < -0.39 is 5.60 Å². The Balaban J connectivity index is 1.77. The van der Waals surface area contributed by atoms with Crippen molar-refractivity contribution in [2.75, 3.05) is 36.6 Å². The van der Waals surface area contributed by atoms with Crippen molar-refractivity contribution in [1.29, 1.82) is 0 Å². The van der Waals surface area contributed by atoms with Gasteiger partial charge in [0.25, 0.3) is 0 Å². The largest absolute Gasteiger partial charge is 0.390 e. The Bertz CT molecular complexity index is 811. The summed E-state index contributed by atoms with van der Waals surface area (Å²) in [7, 11) is 0. The molecule has 0 spiro atoms. The molecule has 1 saturated heterocycles. The maximum Gasteiger partial charge on any atom is 0.152 e. The summed E-state index contributed by atoms with van der Waals surface area (Å²) in [5.41, 5.74) is 4.49. The third-order valence-corrected chi connectivity index (χ3v) is 4.49. The van der Waals surface area contributed by atoms with E-state index in [0.29, 0.717) is 37.7 Å². The number of anilines is 2. The van der Waals surface area contributed by atoms with Crippen LogP contribution in [0.1, 0.15) is 37.2 Å². The smallest absolute Gasteiger partial charge is 0.152 e. The molecule has 2 N–H and O–H groups in total. The van der Waals surface area contributed by atoms with Crippen molar-refractivity contribution in [2.24, 2.45) is 5.10 Å². The third-order valence-electron chi connectivity index (χ3n) is 4.49. The molecule has 7 heteroatoms. The van der Waals surface area contributed by atoms with E-state index in [4.69, 9.17) is 9.72 Å². The number of aliphatic hydroxyl groups is 1. The van der Waals surface area contributed by atoms with Gasteiger partial charge in [0.15, 0.2) is 5.82 Å². The lowest BCUT2D eigenvalue weighted by Gasteiger charge is -2.28. The Morgan fingerprint density at radius 3 is 2.75 bits per heavy atom. The second-order valence-corrected chi connectivity index (χ2v) is 7.72. The number of hydrogen-bond donors (Lipinski definition) is 2. The number of ether oxygens (including phenoxy) is 1. The predicted molar refractivity (Wildman–Crippen MR) is 112 cm³/mol. The number of hydrogen-bond acceptors (Lipinski definition) is 7. The topological polar surface area (TPSA) is 82.9 Å². The molecule has 0 bridgehead atoms. The Kier molecular flexibility index (Phi) is 6.59. The molecule has 150 valence electrons. The van der Waals surface area contributed by atoms with Crippen molar-refractivity contribution in [1.82, 2.24) is 9.97 Å². The van der Waals surface area contributed by atoms with Crippen molar-refractivity contribution in [3.05, 3.63) is 47.3 Å². The van der Waals surface area contributed by atoms with Gasteiger partial charge in [0.05, 0.1) is 25.0 Å². The summed E-state index contributed by atoms with van der Waals surface area (Å²) in [4.78, 5) is 11.5. The second kappa shape index (κ2) is 9.12. The third kappa shape index (κ3) is 6.28. The van der Waals surface area contributed by atoms with Crippen molar-refractivity contribution >= 4 is 17.9 Å². The highest BCUT2D eigenvalue weighted by Crippen LogP contribution is 2.19. The van der Waals surface area contributed by atoms with Crippen LogP contribution >= 0.6 is 0 Å². The molecule has 0 atom stereocenters. The molecule has 1 aromatic heterocycles. The van der Waals surface area contributed by atoms with Gasteiger partial charge in [-0.15, -0.1) is 0 Å². The van der Waals surface area contributed by atoms with Gasteiger partial charge in [-0.1, -0.05) is 29.8 Å². The fourth-order valence-corrected chi connectivity index (χ4v) is 2.95. The maximum atomic E-state index is 10.0. The minimum absolute atomic E-state index is 0.589. The Morgan fingerprint density at radius 1 is 1.25 bits per heavy atom. The van der Waals surface area contributed by atoms with Gasteiger partial charge in [0.2, 0.25) is 0 Å². The van der Waals surface area contributed by atoms with Gasteiger partial charge in [-0.25, -0.2) is 9.97 Å². The zero-order valence-corrected chi connectivity index (χ0v) is 16.9. The Morgan fingerprint density at radius 2 is 2.04 bits per heavy atom. The first-order chi connectivity index (χ1) is 13.4. The monoisotopic (exact) mass is 383 g/mol. The highest BCUT2D eigenvalue weighted by atomic mass is 16.5. The standard InChI is InChI=1S/C21H29N5O2/c1-16-5-4-6-17(13-16)15-22-25-19-14-20(26-9-11-28-12-10-26)24-18(23-19)7-8-21(2,3)27/h4-6,13-15,27H,7-12H2,1-3H3,(H,23,24,25). The fraction of sp³-hybridized carbons (Fsp3) is 0.476. The van der Waals surface area contributed by atoms with E-state index in [2.05, 4.69) is 39.5 Å². The number of benzene rings is 1. The van der Waals surface area contributed by atoms with Gasteiger partial charge < -0.3 is 14.7 Å². The van der Waals surface area contributed by atoms with Crippen LogP contribution in [-0.2, 0) is 11.2 Å². The van der Waals surface area contributed by atoms with Crippen LogP contribution in [0.4, 0.5) is 11.6 Å². The molecule has 0 saturated carbocycles. The number of aromatic nitrogens is 2. The number of hydrazone groups is 1. The first-order valence-electron chi connectivity index (χ1n) is 9.68. The highest BCUT2D eigenvalue weighted by molar-refractivity contribution is 5.80. The molecular formula is C21H29N5O2. The van der Waals surface area contributed by atoms with Gasteiger partial charge >= 0.3 is 0 Å². The first-order valence-corrected chi connectivity index (χ1v) is 9.68. The van der Waals surface area contributed by atoms with Crippen LogP contribution in [0, 0.1) is 6.92 Å². The van der Waals surface area contributed by atoms with Crippen molar-refractivity contribution in [3.8, 4) is 0 Å². The van der Waals surface area contributed by atoms with E-state index in [1.807, 2.05) is 18.2 Å². The lowest BCUT2D eigenvalue weighted by atomic mass is 10.0. The van der Waals surface area contributed by atoms with Gasteiger partial charge in [0, 0.05) is 25.6 Å². The molecule has 0 amide bonds. The highest BCUT2D eigenvalue weighted by Gasteiger charge is 2.17. The van der Waals surface area contributed by atoms with Gasteiger partial charge in [-0.3, -0.25) is 5.43 Å². The summed E-state index contributed by atoms with van der Waals surface area (Å²) in [5.74, 6) is 2.20. The van der Waals surface area contributed by atoms with Crippen molar-refractivity contribution in [3.63, 3.8) is 0 Å². The molecule has 28 heavy (non-hydrogen) atoms. The molecule has 0 unspecified atom stereocenters. The fourth-order valence-electron chi connectivity index (χ4n) is 2.95. The van der Waals surface area contributed by atoms with E-state index in [9.17, 15) is 5.11 Å². The molecule has 0 radical (unpaired) electrons. The van der Waals surface area contributed by atoms with Crippen LogP contribution in [0.2, 0.25) is 0 Å². The number of aryl methyl sites for hydroxylation is 2. The average Bonchev–Trinajstić information content (AvgIpc) is 2.67. The molecule has 1 fully saturated rings. The molecule has 7 nitrogen and oxygen atoms in total. The summed E-state index contributed by atoms with van der Waals surface area (Å²) in [6, 6.07) is 10.0. The maximum absolute atomic E-state index is 10.0. The molecular weight excluding hydrogens is 354 g/mol. The van der Waals surface area contributed by atoms with E-state index in [-0.39, 0.29) is 0 Å². The quantitative estimate of drug-likeness (QED) is 0.565. The first kappa shape index (κ1) is 20.2. The zero-order chi connectivity index (χ0) is 20.0. The molecule has 1 aromatic carbocycles. The molecule has 2 aromatic rings. The van der Waals surface area contributed by atoms with E-state index in [0.717, 1.165) is 24.5 Å². The van der Waals surface area contributed by atoms with Crippen LogP contribution in [0.25, 0.3) is 0 Å². The van der Waals surface area contributed by atoms with Gasteiger partial charge in [-0.2, -0.15) is 5.10 Å². The zero-order valence-electron chi connectivity index (χ0n) is 16.9. The van der Waals surface area contributed by atoms with Gasteiger partial charge in [-0.05, 0) is 32.8 Å². The Labute approximate surface area is 166 Å². The van der Waals surface area contributed by atoms with Crippen molar-refractivity contribution in [2.45, 2.75) is 39.2 Å². The number of nitrogens with zero attached hydrogens (tertiary/aromatic N) is 4. The number of morpholine rings is 1. The van der Waals surface area contributed by atoms with E-state index in [1.165, 1.54) is 5.56 Å². The minimum Gasteiger partial charge on any atom is -0.390 e. The minimum atomic E-state index is -0.755. The SMILES string of the molecule is Cc1cccc(C=NNc2cc(N3CCOCC3)nc(CCC(C)(C)O)n2)c1. The van der Waals surface area contributed by atoms with Crippen molar-refractivity contribution < 1.29 is 9.84 Å². The molecule has 2 heterocycles. The Hall–Kier alpha value is -2.51. The normalized spacial score (nSPS) is 15.2. The molecule has 1 aliphatic heterocycles. The summed E-state index contributed by atoms with van der Waals surface area (Å²) in [6.07, 6.45) is 2.96. The summed E-state index contributed by atoms with van der Waals surface area (Å²) in [5, 5.41) is 14.4. The summed E-state index contributed by atoms with van der Waals surface area (Å²) >= 11 is 0. The van der Waals surface area contributed by atoms with E-state index in [1.54, 1.807) is 20.1 Å². The van der Waals surface area contributed by atoms with Crippen LogP contribution in [-0.4, -0.2) is 53.2 Å². The average molecular weight is 383 g/mol. The molecule has 0 aliphatic carbocycles. The van der Waals surface area contributed by atoms with Crippen LogP contribution < -0.4 is 10.3 Å². The van der Waals surface area contributed by atoms with Crippen LogP contribution in [0.3, 0.4) is 0 Å². The lowest BCUT2D eigenvalue weighted by molar-refractivity contribution is 0.0708. The molecule has 1 aliphatic rings. The van der Waals surface area contributed by atoms with Gasteiger partial charge in [0.1, 0.15) is 11.6 Å². The summed E-state index contributed by atoms with van der Waals surface area (Å²) in [6.45, 7) is 8.63. The van der Waals surface area contributed by atoms with Crippen LogP contribution in [0.15, 0.2) is 35.4 Å². The van der Waals surface area contributed by atoms with Crippen LogP contribution in [0.5, 0.6) is 0 Å². The number of rotatable bonds is 7. The van der Waals surface area contributed by atoms with E-state index >= 15 is 0 Å². The summed E-state index contributed by atoms with van der Waals surface area (Å²) < 4.78 is 5.44. The second-order valence-electron chi connectivity index (χ2n) is 7.72. The molecule has 3 rings (SSSR count).